The fraction of sp³-hybridized carbons (Fsp3) is 0.154. The fourth-order valence-electron chi connectivity index (χ4n) is 1.67. The molecular weight excluding hydrogens is 266 g/mol. The minimum absolute atomic E-state index is 0.259. The van der Waals surface area contributed by atoms with Crippen molar-refractivity contribution in [1.29, 1.82) is 0 Å². The first-order valence-electron chi connectivity index (χ1n) is 5.56. The lowest BCUT2D eigenvalue weighted by molar-refractivity contribution is -0.131. The monoisotopic (exact) mass is 277 g/mol. The van der Waals surface area contributed by atoms with Crippen molar-refractivity contribution in [3.63, 3.8) is 0 Å². The van der Waals surface area contributed by atoms with Gasteiger partial charge in [-0.2, -0.15) is 0 Å². The summed E-state index contributed by atoms with van der Waals surface area (Å²) in [5.41, 5.74) is 1.69. The molecule has 2 rings (SSSR count). The van der Waals surface area contributed by atoms with E-state index in [4.69, 9.17) is 5.11 Å². The fourth-order valence-corrected chi connectivity index (χ4v) is 2.53. The van der Waals surface area contributed by atoms with Gasteiger partial charge >= 0.3 is 5.97 Å². The number of hydrogen-bond donors (Lipinski definition) is 2. The highest BCUT2D eigenvalue weighted by Gasteiger charge is 2.31. The maximum absolute atomic E-state index is 11.4. The number of carbonyl (C=O) groups excluding carboxylic acids is 2. The van der Waals surface area contributed by atoms with Crippen LogP contribution in [0.3, 0.4) is 0 Å². The lowest BCUT2D eigenvalue weighted by Crippen LogP contribution is -2.25. The molecule has 1 aromatic carbocycles. The molecule has 1 fully saturated rings. The molecule has 0 saturated carbocycles. The molecular formula is C13H11NO4S. The highest BCUT2D eigenvalue weighted by molar-refractivity contribution is 8.15. The molecule has 0 spiro atoms. The van der Waals surface area contributed by atoms with Crippen molar-refractivity contribution >= 4 is 35.0 Å². The number of thioether (sulfide) groups is 1. The Morgan fingerprint density at radius 1 is 1.32 bits per heavy atom. The summed E-state index contributed by atoms with van der Waals surface area (Å²) in [5, 5.41) is 10.1. The van der Waals surface area contributed by atoms with Crippen molar-refractivity contribution in [3.8, 4) is 0 Å². The van der Waals surface area contributed by atoms with Crippen LogP contribution in [0.5, 0.6) is 0 Å². The molecule has 0 aliphatic carbocycles. The number of benzene rings is 1. The van der Waals surface area contributed by atoms with Gasteiger partial charge in [0.25, 0.3) is 5.24 Å². The Labute approximate surface area is 113 Å². The lowest BCUT2D eigenvalue weighted by atomic mass is 10.1. The molecule has 6 heteroatoms. The Balaban J connectivity index is 2.01. The first-order chi connectivity index (χ1) is 9.04. The number of hydrogen-bond acceptors (Lipinski definition) is 4. The maximum atomic E-state index is 11.4. The number of aliphatic carboxylic acids is 1. The van der Waals surface area contributed by atoms with Crippen LogP contribution in [0.25, 0.3) is 6.08 Å². The van der Waals surface area contributed by atoms with E-state index in [0.717, 1.165) is 29.0 Å². The average Bonchev–Trinajstić information content (AvgIpc) is 2.67. The lowest BCUT2D eigenvalue weighted by Gasteiger charge is -2.05. The van der Waals surface area contributed by atoms with Gasteiger partial charge in [-0.1, -0.05) is 36.0 Å². The van der Waals surface area contributed by atoms with Gasteiger partial charge in [-0.05, 0) is 23.6 Å². The highest BCUT2D eigenvalue weighted by Crippen LogP contribution is 2.23. The van der Waals surface area contributed by atoms with Crippen LogP contribution in [0.1, 0.15) is 11.1 Å². The van der Waals surface area contributed by atoms with E-state index in [1.807, 2.05) is 12.1 Å². The van der Waals surface area contributed by atoms with Gasteiger partial charge in [0.05, 0.1) is 5.25 Å². The molecule has 1 saturated heterocycles. The quantitative estimate of drug-likeness (QED) is 0.818. The number of carboxylic acids is 1. The first-order valence-corrected chi connectivity index (χ1v) is 6.44. The molecule has 0 aromatic heterocycles. The molecule has 2 amide bonds. The molecule has 0 bridgehead atoms. The van der Waals surface area contributed by atoms with Gasteiger partial charge in [-0.25, -0.2) is 4.79 Å². The largest absolute Gasteiger partial charge is 0.478 e. The number of rotatable bonds is 4. The number of carbonyl (C=O) groups is 3. The highest BCUT2D eigenvalue weighted by atomic mass is 32.2. The Hall–Kier alpha value is -2.08. The third kappa shape index (κ3) is 3.69. The van der Waals surface area contributed by atoms with Crippen LogP contribution in [0, 0.1) is 0 Å². The number of nitrogens with one attached hydrogen (secondary N) is 1. The van der Waals surface area contributed by atoms with E-state index in [1.165, 1.54) is 6.08 Å². The Bertz CT molecular complexity index is 550. The summed E-state index contributed by atoms with van der Waals surface area (Å²) in [6, 6.07) is 7.18. The molecule has 1 aromatic rings. The predicted octanol–water partition coefficient (Wildman–Crippen LogP) is 1.68. The first kappa shape index (κ1) is 13.4. The second-order valence-corrected chi connectivity index (χ2v) is 5.18. The predicted molar refractivity (Wildman–Crippen MR) is 71.7 cm³/mol. The number of carboxylic acid groups (broad SMARTS) is 1. The Morgan fingerprint density at radius 2 is 2.00 bits per heavy atom. The van der Waals surface area contributed by atoms with Crippen LogP contribution in [-0.4, -0.2) is 27.5 Å². The van der Waals surface area contributed by atoms with Crippen LogP contribution in [-0.2, 0) is 16.0 Å². The second-order valence-electron chi connectivity index (χ2n) is 4.00. The van der Waals surface area contributed by atoms with Crippen molar-refractivity contribution in [2.75, 3.05) is 0 Å². The van der Waals surface area contributed by atoms with Crippen molar-refractivity contribution in [1.82, 2.24) is 5.32 Å². The van der Waals surface area contributed by atoms with Crippen molar-refractivity contribution < 1.29 is 19.5 Å². The van der Waals surface area contributed by atoms with Crippen LogP contribution < -0.4 is 5.32 Å². The summed E-state index contributed by atoms with van der Waals surface area (Å²) in [5.74, 6) is -1.26. The van der Waals surface area contributed by atoms with E-state index in [9.17, 15) is 14.4 Å². The van der Waals surface area contributed by atoms with E-state index in [-0.39, 0.29) is 16.4 Å². The summed E-state index contributed by atoms with van der Waals surface area (Å²) >= 11 is 0.996. The summed E-state index contributed by atoms with van der Waals surface area (Å²) in [4.78, 5) is 32.8. The van der Waals surface area contributed by atoms with Crippen LogP contribution >= 0.6 is 11.8 Å². The molecule has 1 unspecified atom stereocenters. The zero-order valence-corrected chi connectivity index (χ0v) is 10.6. The zero-order valence-electron chi connectivity index (χ0n) is 9.83. The summed E-state index contributed by atoms with van der Waals surface area (Å²) < 4.78 is 0. The minimum atomic E-state index is -0.999. The molecule has 1 aliphatic rings. The Kier molecular flexibility index (Phi) is 4.01. The van der Waals surface area contributed by atoms with E-state index in [1.54, 1.807) is 12.1 Å². The molecule has 5 nitrogen and oxygen atoms in total. The van der Waals surface area contributed by atoms with E-state index >= 15 is 0 Å². The zero-order chi connectivity index (χ0) is 13.8. The van der Waals surface area contributed by atoms with Gasteiger partial charge in [-0.15, -0.1) is 0 Å². The van der Waals surface area contributed by atoms with E-state index in [0.29, 0.717) is 6.42 Å². The van der Waals surface area contributed by atoms with Crippen molar-refractivity contribution in [2.24, 2.45) is 0 Å². The molecule has 19 heavy (non-hydrogen) atoms. The molecule has 2 N–H and O–H groups in total. The molecule has 98 valence electrons. The van der Waals surface area contributed by atoms with Gasteiger partial charge in [0.2, 0.25) is 5.91 Å². The maximum Gasteiger partial charge on any atom is 0.328 e. The summed E-state index contributed by atoms with van der Waals surface area (Å²) in [6.45, 7) is 0. The molecule has 1 heterocycles. The topological polar surface area (TPSA) is 83.5 Å². The van der Waals surface area contributed by atoms with Gasteiger partial charge in [0, 0.05) is 6.08 Å². The van der Waals surface area contributed by atoms with E-state index in [2.05, 4.69) is 5.32 Å². The summed E-state index contributed by atoms with van der Waals surface area (Å²) in [7, 11) is 0. The van der Waals surface area contributed by atoms with Crippen LogP contribution in [0.2, 0.25) is 0 Å². The van der Waals surface area contributed by atoms with Gasteiger partial charge in [-0.3, -0.25) is 14.9 Å². The number of imide groups is 1. The van der Waals surface area contributed by atoms with E-state index < -0.39 is 5.97 Å². The Morgan fingerprint density at radius 3 is 2.53 bits per heavy atom. The SMILES string of the molecule is O=C(O)/C=C/c1ccc(CC2SC(=O)NC2=O)cc1. The molecule has 0 radical (unpaired) electrons. The minimum Gasteiger partial charge on any atom is -0.478 e. The molecule has 1 aliphatic heterocycles. The van der Waals surface area contributed by atoms with Gasteiger partial charge < -0.3 is 5.11 Å². The third-order valence-corrected chi connectivity index (χ3v) is 3.57. The van der Waals surface area contributed by atoms with Crippen molar-refractivity contribution in [2.45, 2.75) is 11.7 Å². The standard InChI is InChI=1S/C13H11NO4S/c15-11(16)6-5-8-1-3-9(4-2-8)7-10-12(17)14-13(18)19-10/h1-6,10H,7H2,(H,15,16)(H,14,17,18)/b6-5+. The van der Waals surface area contributed by atoms with Gasteiger partial charge in [0.15, 0.2) is 0 Å². The third-order valence-electron chi connectivity index (χ3n) is 2.59. The van der Waals surface area contributed by atoms with Crippen molar-refractivity contribution in [3.05, 3.63) is 41.5 Å². The van der Waals surface area contributed by atoms with Crippen LogP contribution in [0.4, 0.5) is 4.79 Å². The van der Waals surface area contributed by atoms with Crippen LogP contribution in [0.15, 0.2) is 30.3 Å². The van der Waals surface area contributed by atoms with Gasteiger partial charge in [0.1, 0.15) is 0 Å². The second kappa shape index (κ2) is 5.71. The smallest absolute Gasteiger partial charge is 0.328 e. The average molecular weight is 277 g/mol. The number of amides is 2. The summed E-state index contributed by atoms with van der Waals surface area (Å²) in [6.07, 6.45) is 3.03. The normalized spacial score (nSPS) is 18.8. The molecule has 1 atom stereocenters.